The molecule has 0 aliphatic rings. The minimum atomic E-state index is -4.14. The fourth-order valence-corrected chi connectivity index (χ4v) is 6.55. The van der Waals surface area contributed by atoms with Gasteiger partial charge in [-0.05, 0) is 60.7 Å². The van der Waals surface area contributed by atoms with Gasteiger partial charge in [0.1, 0.15) is 12.6 Å². The van der Waals surface area contributed by atoms with Crippen LogP contribution >= 0.6 is 0 Å². The Morgan fingerprint density at radius 1 is 0.791 bits per heavy atom. The van der Waals surface area contributed by atoms with Crippen LogP contribution in [0.25, 0.3) is 0 Å². The number of amides is 2. The molecule has 0 radical (unpaired) electrons. The zero-order valence-electron chi connectivity index (χ0n) is 25.2. The molecule has 0 bridgehead atoms. The average Bonchev–Trinajstić information content (AvgIpc) is 3.02. The van der Waals surface area contributed by atoms with Crippen molar-refractivity contribution in [3.8, 4) is 0 Å². The van der Waals surface area contributed by atoms with Gasteiger partial charge in [0.2, 0.25) is 11.8 Å². The number of nitrogens with zero attached hydrogens (tertiary/aromatic N) is 2. The van der Waals surface area contributed by atoms with Gasteiger partial charge in [-0.15, -0.1) is 0 Å². The minimum absolute atomic E-state index is 0.0920. The molecule has 0 saturated heterocycles. The molecule has 4 aromatic carbocycles. The molecule has 0 unspecified atom stereocenters. The summed E-state index contributed by atoms with van der Waals surface area (Å²) in [6.07, 6.45) is 0.848. The second kappa shape index (κ2) is 14.2. The molecular formula is C35H39N3O4S. The maximum Gasteiger partial charge on any atom is 0.264 e. The summed E-state index contributed by atoms with van der Waals surface area (Å²) in [6, 6.07) is 30.1. The van der Waals surface area contributed by atoms with Crippen LogP contribution in [-0.4, -0.2) is 44.8 Å². The normalized spacial score (nSPS) is 11.9. The van der Waals surface area contributed by atoms with Crippen LogP contribution in [0.1, 0.15) is 34.7 Å². The number of para-hydroxylation sites is 1. The van der Waals surface area contributed by atoms with E-state index in [0.717, 1.165) is 27.8 Å². The van der Waals surface area contributed by atoms with Crippen molar-refractivity contribution in [1.29, 1.82) is 0 Å². The SMILES string of the molecule is CCc1ccccc1N(CC(=O)N(Cc1ccccc1C)[C@H](Cc1ccccc1)C(=O)NC)S(=O)(=O)c1ccc(C)cc1. The maximum absolute atomic E-state index is 14.5. The predicted octanol–water partition coefficient (Wildman–Crippen LogP) is 5.45. The number of aryl methyl sites for hydroxylation is 3. The largest absolute Gasteiger partial charge is 0.357 e. The molecule has 0 heterocycles. The lowest BCUT2D eigenvalue weighted by Gasteiger charge is -2.34. The van der Waals surface area contributed by atoms with Crippen molar-refractivity contribution in [2.75, 3.05) is 17.9 Å². The van der Waals surface area contributed by atoms with Gasteiger partial charge >= 0.3 is 0 Å². The highest BCUT2D eigenvalue weighted by molar-refractivity contribution is 7.92. The summed E-state index contributed by atoms with van der Waals surface area (Å²) in [6.45, 7) is 5.46. The first-order chi connectivity index (χ1) is 20.6. The summed E-state index contributed by atoms with van der Waals surface area (Å²) in [5, 5.41) is 2.72. The molecule has 4 rings (SSSR count). The Kier molecular flexibility index (Phi) is 10.4. The van der Waals surface area contributed by atoms with E-state index in [0.29, 0.717) is 12.1 Å². The summed E-state index contributed by atoms with van der Waals surface area (Å²) >= 11 is 0. The van der Waals surface area contributed by atoms with Gasteiger partial charge in [-0.2, -0.15) is 0 Å². The lowest BCUT2D eigenvalue weighted by molar-refractivity contribution is -0.139. The van der Waals surface area contributed by atoms with Gasteiger partial charge in [0.25, 0.3) is 10.0 Å². The number of sulfonamides is 1. The van der Waals surface area contributed by atoms with Crippen molar-refractivity contribution >= 4 is 27.5 Å². The smallest absolute Gasteiger partial charge is 0.264 e. The Labute approximate surface area is 255 Å². The fraction of sp³-hybridized carbons (Fsp3) is 0.257. The first-order valence-corrected chi connectivity index (χ1v) is 15.9. The molecule has 0 fully saturated rings. The number of rotatable bonds is 12. The van der Waals surface area contributed by atoms with Crippen LogP contribution in [0.2, 0.25) is 0 Å². The fourth-order valence-electron chi connectivity index (χ4n) is 5.10. The summed E-state index contributed by atoms with van der Waals surface area (Å²) in [5.41, 5.74) is 4.89. The molecule has 8 heteroatoms. The van der Waals surface area contributed by atoms with E-state index >= 15 is 0 Å². The summed E-state index contributed by atoms with van der Waals surface area (Å²) in [7, 11) is -2.59. The average molecular weight is 598 g/mol. The first kappa shape index (κ1) is 31.5. The van der Waals surface area contributed by atoms with Crippen LogP contribution < -0.4 is 9.62 Å². The number of carbonyl (C=O) groups is 2. The molecule has 1 atom stereocenters. The highest BCUT2D eigenvalue weighted by Gasteiger charge is 2.35. The van der Waals surface area contributed by atoms with E-state index in [1.165, 1.54) is 9.21 Å². The number of benzene rings is 4. The van der Waals surface area contributed by atoms with Crippen LogP contribution in [-0.2, 0) is 39.0 Å². The molecule has 2 amide bonds. The second-order valence-electron chi connectivity index (χ2n) is 10.6. The standard InChI is InChI=1S/C35H39N3O4S/c1-5-29-16-11-12-18-32(29)38(43(41,42)31-21-19-26(2)20-22-31)25-34(39)37(24-30-17-10-9-13-27(30)3)33(35(40)36-4)23-28-14-7-6-8-15-28/h6-22,33H,5,23-25H2,1-4H3,(H,36,40)/t33-/m1/s1. The first-order valence-electron chi connectivity index (χ1n) is 14.4. The van der Waals surface area contributed by atoms with Crippen molar-refractivity contribution in [2.45, 2.75) is 51.1 Å². The van der Waals surface area contributed by atoms with Gasteiger partial charge in [0.05, 0.1) is 10.6 Å². The van der Waals surface area contributed by atoms with Crippen molar-refractivity contribution in [3.63, 3.8) is 0 Å². The lowest BCUT2D eigenvalue weighted by Crippen LogP contribution is -2.53. The molecule has 0 spiro atoms. The quantitative estimate of drug-likeness (QED) is 0.235. The number of likely N-dealkylation sites (N-methyl/N-ethyl adjacent to an activating group) is 1. The molecule has 0 saturated carbocycles. The second-order valence-corrected chi connectivity index (χ2v) is 12.4. The number of carbonyl (C=O) groups excluding carboxylic acids is 2. The van der Waals surface area contributed by atoms with Gasteiger partial charge < -0.3 is 10.2 Å². The van der Waals surface area contributed by atoms with Crippen molar-refractivity contribution in [2.24, 2.45) is 0 Å². The van der Waals surface area contributed by atoms with Crippen LogP contribution in [0.15, 0.2) is 108 Å². The third-order valence-corrected chi connectivity index (χ3v) is 9.42. The van der Waals surface area contributed by atoms with Gasteiger partial charge in [0.15, 0.2) is 0 Å². The topological polar surface area (TPSA) is 86.8 Å². The van der Waals surface area contributed by atoms with Gasteiger partial charge in [0, 0.05) is 20.0 Å². The van der Waals surface area contributed by atoms with E-state index in [2.05, 4.69) is 5.32 Å². The lowest BCUT2D eigenvalue weighted by atomic mass is 10.0. The summed E-state index contributed by atoms with van der Waals surface area (Å²) in [4.78, 5) is 29.5. The van der Waals surface area contributed by atoms with Crippen molar-refractivity contribution < 1.29 is 18.0 Å². The Hall–Kier alpha value is -4.43. The zero-order chi connectivity index (χ0) is 31.0. The summed E-state index contributed by atoms with van der Waals surface area (Å²) < 4.78 is 29.6. The Balaban J connectivity index is 1.82. The van der Waals surface area contributed by atoms with E-state index in [9.17, 15) is 18.0 Å². The monoisotopic (exact) mass is 597 g/mol. The molecule has 0 aliphatic heterocycles. The third kappa shape index (κ3) is 7.51. The molecule has 4 aromatic rings. The molecule has 1 N–H and O–H groups in total. The van der Waals surface area contributed by atoms with E-state index < -0.39 is 28.5 Å². The zero-order valence-corrected chi connectivity index (χ0v) is 26.0. The number of anilines is 1. The van der Waals surface area contributed by atoms with Gasteiger partial charge in [-0.3, -0.25) is 13.9 Å². The molecule has 0 aliphatic carbocycles. The Morgan fingerprint density at radius 2 is 1.40 bits per heavy atom. The highest BCUT2D eigenvalue weighted by atomic mass is 32.2. The molecule has 224 valence electrons. The van der Waals surface area contributed by atoms with Crippen molar-refractivity contribution in [1.82, 2.24) is 10.2 Å². The maximum atomic E-state index is 14.5. The number of hydrogen-bond acceptors (Lipinski definition) is 4. The van der Waals surface area contributed by atoms with E-state index in [1.807, 2.05) is 87.5 Å². The predicted molar refractivity (Wildman–Crippen MR) is 171 cm³/mol. The molecular weight excluding hydrogens is 558 g/mol. The Bertz CT molecular complexity index is 1650. The molecule has 7 nitrogen and oxygen atoms in total. The third-order valence-electron chi connectivity index (χ3n) is 7.65. The number of hydrogen-bond donors (Lipinski definition) is 1. The van der Waals surface area contributed by atoms with E-state index in [-0.39, 0.29) is 23.8 Å². The van der Waals surface area contributed by atoms with Crippen molar-refractivity contribution in [3.05, 3.63) is 131 Å². The van der Waals surface area contributed by atoms with E-state index in [4.69, 9.17) is 0 Å². The minimum Gasteiger partial charge on any atom is -0.357 e. The van der Waals surface area contributed by atoms with Crippen LogP contribution in [0.4, 0.5) is 5.69 Å². The van der Waals surface area contributed by atoms with Crippen LogP contribution in [0.3, 0.4) is 0 Å². The summed E-state index contributed by atoms with van der Waals surface area (Å²) in [5.74, 6) is -0.804. The number of nitrogens with one attached hydrogen (secondary N) is 1. The molecule has 43 heavy (non-hydrogen) atoms. The van der Waals surface area contributed by atoms with Gasteiger partial charge in [-0.1, -0.05) is 97.4 Å². The van der Waals surface area contributed by atoms with Gasteiger partial charge in [-0.25, -0.2) is 8.42 Å². The van der Waals surface area contributed by atoms with Crippen LogP contribution in [0.5, 0.6) is 0 Å². The van der Waals surface area contributed by atoms with Crippen LogP contribution in [0, 0.1) is 13.8 Å². The Morgan fingerprint density at radius 3 is 2.02 bits per heavy atom. The molecule has 0 aromatic heterocycles. The van der Waals surface area contributed by atoms with E-state index in [1.54, 1.807) is 43.4 Å². The highest BCUT2D eigenvalue weighted by Crippen LogP contribution is 2.29.